The predicted octanol–water partition coefficient (Wildman–Crippen LogP) is 0.630. The zero-order chi connectivity index (χ0) is 13.6. The molecular weight excluding hydrogens is 290 g/mol. The summed E-state index contributed by atoms with van der Waals surface area (Å²) in [4.78, 5) is 10.1. The van der Waals surface area contributed by atoms with Gasteiger partial charge in [0.1, 0.15) is 5.82 Å². The third-order valence-corrected chi connectivity index (χ3v) is 5.27. The summed E-state index contributed by atoms with van der Waals surface area (Å²) in [5, 5.41) is 7.48. The molecule has 1 unspecified atom stereocenters. The first-order valence-corrected chi connectivity index (χ1v) is 7.96. The fourth-order valence-corrected chi connectivity index (χ4v) is 4.25. The number of nitrogens with one attached hydrogen (secondary N) is 1. The topological polar surface area (TPSA) is 91.8 Å². The van der Waals surface area contributed by atoms with E-state index in [0.717, 1.165) is 5.39 Å². The molecule has 0 bridgehead atoms. The Morgan fingerprint density at radius 1 is 1.47 bits per heavy atom. The van der Waals surface area contributed by atoms with Crippen molar-refractivity contribution >= 4 is 38.3 Å². The van der Waals surface area contributed by atoms with Crippen LogP contribution < -0.4 is 4.90 Å². The number of hydrogen-bond donors (Lipinski definition) is 1. The minimum Gasteiger partial charge on any atom is -0.355 e. The van der Waals surface area contributed by atoms with Crippen LogP contribution in [0, 0.1) is 0 Å². The smallest absolute Gasteiger partial charge is 0.226 e. The second-order valence-corrected chi connectivity index (χ2v) is 7.18. The van der Waals surface area contributed by atoms with Gasteiger partial charge in [0.15, 0.2) is 15.5 Å². The molecule has 0 spiro atoms. The molecule has 1 saturated heterocycles. The summed E-state index contributed by atoms with van der Waals surface area (Å²) in [5.41, 5.74) is 0.544. The van der Waals surface area contributed by atoms with Gasteiger partial charge in [-0.25, -0.2) is 8.42 Å². The SMILES string of the molecule is CN(c1nc(Cl)nc2[nH]ncc12)C1CCS(=O)(=O)C1. The second-order valence-electron chi connectivity index (χ2n) is 4.62. The number of aromatic amines is 1. The van der Waals surface area contributed by atoms with Gasteiger partial charge in [-0.3, -0.25) is 5.10 Å². The molecule has 7 nitrogen and oxygen atoms in total. The Morgan fingerprint density at radius 2 is 2.26 bits per heavy atom. The quantitative estimate of drug-likeness (QED) is 0.818. The van der Waals surface area contributed by atoms with Gasteiger partial charge >= 0.3 is 0 Å². The highest BCUT2D eigenvalue weighted by Crippen LogP contribution is 2.27. The lowest BCUT2D eigenvalue weighted by atomic mass is 10.2. The number of aromatic nitrogens is 4. The zero-order valence-corrected chi connectivity index (χ0v) is 11.7. The van der Waals surface area contributed by atoms with Crippen molar-refractivity contribution in [2.24, 2.45) is 0 Å². The highest BCUT2D eigenvalue weighted by Gasteiger charge is 2.32. The minimum absolute atomic E-state index is 0.0888. The molecule has 1 aliphatic heterocycles. The van der Waals surface area contributed by atoms with Crippen LogP contribution in [0.4, 0.5) is 5.82 Å². The summed E-state index contributed by atoms with van der Waals surface area (Å²) in [5.74, 6) is 0.964. The van der Waals surface area contributed by atoms with E-state index in [1.54, 1.807) is 6.20 Å². The maximum absolute atomic E-state index is 11.6. The molecule has 9 heteroatoms. The van der Waals surface area contributed by atoms with E-state index in [4.69, 9.17) is 11.6 Å². The van der Waals surface area contributed by atoms with E-state index in [9.17, 15) is 8.42 Å². The standard InChI is InChI=1S/C10H12ClN5O2S/c1-16(6-2-3-19(17,18)5-6)9-7-4-12-15-8(7)13-10(11)14-9/h4,6H,2-3,5H2,1H3,(H,12,13,14,15). The summed E-state index contributed by atoms with van der Waals surface area (Å²) in [6.45, 7) is 0. The van der Waals surface area contributed by atoms with Crippen molar-refractivity contribution in [1.29, 1.82) is 0 Å². The molecule has 0 radical (unpaired) electrons. The van der Waals surface area contributed by atoms with Crippen LogP contribution in [0.1, 0.15) is 6.42 Å². The van der Waals surface area contributed by atoms with E-state index < -0.39 is 9.84 Å². The Labute approximate surface area is 114 Å². The van der Waals surface area contributed by atoms with Crippen molar-refractivity contribution < 1.29 is 8.42 Å². The Balaban J connectivity index is 2.02. The first kappa shape index (κ1) is 12.6. The Kier molecular flexibility index (Phi) is 2.86. The van der Waals surface area contributed by atoms with Crippen LogP contribution in [0.25, 0.3) is 11.0 Å². The van der Waals surface area contributed by atoms with Gasteiger partial charge in [-0.15, -0.1) is 0 Å². The fraction of sp³-hybridized carbons (Fsp3) is 0.500. The number of halogens is 1. The lowest BCUT2D eigenvalue weighted by Gasteiger charge is -2.24. The van der Waals surface area contributed by atoms with Gasteiger partial charge in [0, 0.05) is 13.1 Å². The summed E-state index contributed by atoms with van der Waals surface area (Å²) in [6.07, 6.45) is 2.21. The fourth-order valence-electron chi connectivity index (χ4n) is 2.32. The van der Waals surface area contributed by atoms with E-state index >= 15 is 0 Å². The Bertz CT molecular complexity index is 729. The first-order valence-electron chi connectivity index (χ1n) is 5.76. The third-order valence-electron chi connectivity index (χ3n) is 3.35. The number of sulfone groups is 1. The van der Waals surface area contributed by atoms with Gasteiger partial charge in [-0.2, -0.15) is 15.1 Å². The van der Waals surface area contributed by atoms with Crippen LogP contribution in [0.2, 0.25) is 5.28 Å². The Morgan fingerprint density at radius 3 is 2.95 bits per heavy atom. The molecule has 1 atom stereocenters. The lowest BCUT2D eigenvalue weighted by Crippen LogP contribution is -2.33. The lowest BCUT2D eigenvalue weighted by molar-refractivity contribution is 0.600. The van der Waals surface area contributed by atoms with Crippen molar-refractivity contribution in [2.75, 3.05) is 23.5 Å². The average Bonchev–Trinajstić information content (AvgIpc) is 2.93. The number of anilines is 1. The zero-order valence-electron chi connectivity index (χ0n) is 10.2. The molecule has 3 rings (SSSR count). The van der Waals surface area contributed by atoms with Gasteiger partial charge in [-0.05, 0) is 18.0 Å². The van der Waals surface area contributed by atoms with Crippen LogP contribution in [0.3, 0.4) is 0 Å². The summed E-state index contributed by atoms with van der Waals surface area (Å²) in [7, 11) is -1.12. The third kappa shape index (κ3) is 2.25. The minimum atomic E-state index is -2.94. The van der Waals surface area contributed by atoms with Crippen molar-refractivity contribution in [3.8, 4) is 0 Å². The molecule has 1 aliphatic rings. The van der Waals surface area contributed by atoms with Gasteiger partial charge in [-0.1, -0.05) is 0 Å². The van der Waals surface area contributed by atoms with E-state index in [2.05, 4.69) is 20.2 Å². The van der Waals surface area contributed by atoms with E-state index in [1.807, 2.05) is 11.9 Å². The highest BCUT2D eigenvalue weighted by molar-refractivity contribution is 7.91. The van der Waals surface area contributed by atoms with E-state index in [-0.39, 0.29) is 22.8 Å². The molecular formula is C10H12ClN5O2S. The van der Waals surface area contributed by atoms with E-state index in [0.29, 0.717) is 17.9 Å². The molecule has 0 aliphatic carbocycles. The molecule has 2 aromatic rings. The van der Waals surface area contributed by atoms with Crippen LogP contribution in [-0.4, -0.2) is 53.2 Å². The van der Waals surface area contributed by atoms with Crippen LogP contribution in [0.15, 0.2) is 6.20 Å². The van der Waals surface area contributed by atoms with Crippen LogP contribution in [0.5, 0.6) is 0 Å². The van der Waals surface area contributed by atoms with Gasteiger partial charge in [0.25, 0.3) is 0 Å². The number of fused-ring (bicyclic) bond motifs is 1. The second kappa shape index (κ2) is 4.31. The first-order chi connectivity index (χ1) is 8.96. The van der Waals surface area contributed by atoms with Crippen LogP contribution >= 0.6 is 11.6 Å². The van der Waals surface area contributed by atoms with Crippen molar-refractivity contribution in [1.82, 2.24) is 20.2 Å². The molecule has 0 saturated carbocycles. The number of rotatable bonds is 2. The summed E-state index contributed by atoms with van der Waals surface area (Å²) in [6, 6.07) is -0.0888. The number of H-pyrrole nitrogens is 1. The van der Waals surface area contributed by atoms with E-state index in [1.165, 1.54) is 0 Å². The van der Waals surface area contributed by atoms with Crippen LogP contribution in [-0.2, 0) is 9.84 Å². The van der Waals surface area contributed by atoms with Gasteiger partial charge in [0.2, 0.25) is 5.28 Å². The molecule has 3 heterocycles. The maximum Gasteiger partial charge on any atom is 0.226 e. The Hall–Kier alpha value is -1.41. The van der Waals surface area contributed by atoms with Crippen molar-refractivity contribution in [3.63, 3.8) is 0 Å². The largest absolute Gasteiger partial charge is 0.355 e. The summed E-state index contributed by atoms with van der Waals surface area (Å²) < 4.78 is 23.1. The van der Waals surface area contributed by atoms with Crippen molar-refractivity contribution in [2.45, 2.75) is 12.5 Å². The molecule has 1 N–H and O–H groups in total. The molecule has 0 aromatic carbocycles. The van der Waals surface area contributed by atoms with Gasteiger partial charge in [0.05, 0.1) is 23.1 Å². The monoisotopic (exact) mass is 301 g/mol. The highest BCUT2D eigenvalue weighted by atomic mass is 35.5. The molecule has 2 aromatic heterocycles. The molecule has 19 heavy (non-hydrogen) atoms. The predicted molar refractivity (Wildman–Crippen MR) is 72.2 cm³/mol. The number of hydrogen-bond acceptors (Lipinski definition) is 6. The average molecular weight is 302 g/mol. The summed E-state index contributed by atoms with van der Waals surface area (Å²) >= 11 is 5.87. The van der Waals surface area contributed by atoms with Gasteiger partial charge < -0.3 is 4.90 Å². The maximum atomic E-state index is 11.6. The number of nitrogens with zero attached hydrogens (tertiary/aromatic N) is 4. The normalized spacial score (nSPS) is 21.9. The molecule has 0 amide bonds. The molecule has 1 fully saturated rings. The van der Waals surface area contributed by atoms with Crippen molar-refractivity contribution in [3.05, 3.63) is 11.5 Å². The molecule has 102 valence electrons.